The Morgan fingerprint density at radius 2 is 2.12 bits per heavy atom. The Morgan fingerprint density at radius 1 is 1.47 bits per heavy atom. The summed E-state index contributed by atoms with van der Waals surface area (Å²) >= 11 is 0. The summed E-state index contributed by atoms with van der Waals surface area (Å²) in [6.45, 7) is 4.43. The van der Waals surface area contributed by atoms with E-state index >= 15 is 0 Å². The molecule has 1 heterocycles. The number of hydrogen-bond donors (Lipinski definition) is 1. The molecule has 0 aliphatic rings. The summed E-state index contributed by atoms with van der Waals surface area (Å²) in [4.78, 5) is 20.3. The van der Waals surface area contributed by atoms with E-state index in [2.05, 4.69) is 9.97 Å². The van der Waals surface area contributed by atoms with Crippen LogP contribution in [0.5, 0.6) is 5.88 Å². The average Bonchev–Trinajstić information content (AvgIpc) is 2.26. The van der Waals surface area contributed by atoms with Crippen molar-refractivity contribution in [3.63, 3.8) is 0 Å². The van der Waals surface area contributed by atoms with Crippen molar-refractivity contribution < 1.29 is 14.6 Å². The quantitative estimate of drug-likeness (QED) is 0.822. The summed E-state index contributed by atoms with van der Waals surface area (Å²) in [7, 11) is 3.89. The van der Waals surface area contributed by atoms with E-state index in [0.717, 1.165) is 0 Å². The van der Waals surface area contributed by atoms with Crippen LogP contribution in [0, 0.1) is 0 Å². The molecular formula is C11H17N3O3. The molecule has 0 saturated carbocycles. The minimum absolute atomic E-state index is 0.120. The largest absolute Gasteiger partial charge is 0.476 e. The van der Waals surface area contributed by atoms with Gasteiger partial charge in [-0.15, -0.1) is 0 Å². The monoisotopic (exact) mass is 239 g/mol. The zero-order valence-corrected chi connectivity index (χ0v) is 10.5. The average molecular weight is 239 g/mol. The predicted octanol–water partition coefficient (Wildman–Crippen LogP) is 0.894. The first kappa shape index (κ1) is 13.4. The normalized spacial score (nSPS) is 11.6. The van der Waals surface area contributed by atoms with Gasteiger partial charge in [0.25, 0.3) is 0 Å². The molecule has 17 heavy (non-hydrogen) atoms. The number of nitrogens with zero attached hydrogens (tertiary/aromatic N) is 3. The van der Waals surface area contributed by atoms with E-state index in [0.29, 0.717) is 6.61 Å². The zero-order chi connectivity index (χ0) is 13.1. The van der Waals surface area contributed by atoms with Crippen molar-refractivity contribution >= 4 is 5.97 Å². The third-order valence-electron chi connectivity index (χ3n) is 2.62. The maximum Gasteiger partial charge on any atom is 0.356 e. The van der Waals surface area contributed by atoms with Gasteiger partial charge in [0, 0.05) is 5.54 Å². The van der Waals surface area contributed by atoms with Crippen LogP contribution in [0.4, 0.5) is 0 Å². The Hall–Kier alpha value is -1.69. The molecule has 0 bridgehead atoms. The molecule has 94 valence electrons. The van der Waals surface area contributed by atoms with Gasteiger partial charge in [0.1, 0.15) is 6.61 Å². The van der Waals surface area contributed by atoms with Crippen molar-refractivity contribution in [2.75, 3.05) is 20.7 Å². The highest BCUT2D eigenvalue weighted by Gasteiger charge is 2.21. The van der Waals surface area contributed by atoms with Gasteiger partial charge in [0.15, 0.2) is 5.69 Å². The lowest BCUT2D eigenvalue weighted by Gasteiger charge is -2.31. The van der Waals surface area contributed by atoms with Gasteiger partial charge in [-0.25, -0.2) is 9.78 Å². The van der Waals surface area contributed by atoms with Crippen molar-refractivity contribution in [1.29, 1.82) is 0 Å². The highest BCUT2D eigenvalue weighted by atomic mass is 16.5. The zero-order valence-electron chi connectivity index (χ0n) is 10.5. The van der Waals surface area contributed by atoms with Crippen molar-refractivity contribution in [1.82, 2.24) is 14.9 Å². The molecule has 0 aliphatic carbocycles. The molecule has 1 aromatic heterocycles. The molecule has 0 aliphatic heterocycles. The van der Waals surface area contributed by atoms with E-state index in [9.17, 15) is 4.79 Å². The standard InChI is InChI=1S/C11H17N3O3/c1-11(2,14(3)4)7-17-9-6-12-5-8(13-9)10(15)16/h5-6H,7H2,1-4H3,(H,15,16). The van der Waals surface area contributed by atoms with Crippen molar-refractivity contribution in [3.05, 3.63) is 18.1 Å². The number of aromatic carboxylic acids is 1. The van der Waals surface area contributed by atoms with Gasteiger partial charge in [-0.05, 0) is 27.9 Å². The van der Waals surface area contributed by atoms with Gasteiger partial charge in [0.2, 0.25) is 5.88 Å². The van der Waals surface area contributed by atoms with E-state index in [1.807, 2.05) is 32.8 Å². The number of ether oxygens (including phenoxy) is 1. The van der Waals surface area contributed by atoms with Gasteiger partial charge in [0.05, 0.1) is 12.4 Å². The molecule has 0 saturated heterocycles. The summed E-state index contributed by atoms with van der Waals surface area (Å²) in [6, 6.07) is 0. The Labute approximate surface area is 100 Å². The first-order chi connectivity index (χ1) is 7.83. The minimum Gasteiger partial charge on any atom is -0.476 e. The van der Waals surface area contributed by atoms with Crippen LogP contribution in [0.3, 0.4) is 0 Å². The number of carboxylic acids is 1. The molecule has 0 spiro atoms. The van der Waals surface area contributed by atoms with Crippen LogP contribution in [-0.4, -0.2) is 52.2 Å². The number of hydrogen-bond acceptors (Lipinski definition) is 5. The fourth-order valence-corrected chi connectivity index (χ4v) is 0.900. The maximum atomic E-state index is 10.7. The highest BCUT2D eigenvalue weighted by Crippen LogP contribution is 2.13. The van der Waals surface area contributed by atoms with E-state index in [4.69, 9.17) is 9.84 Å². The van der Waals surface area contributed by atoms with Gasteiger partial charge >= 0.3 is 5.97 Å². The molecule has 0 unspecified atom stereocenters. The molecule has 6 nitrogen and oxygen atoms in total. The second-order valence-electron chi connectivity index (χ2n) is 4.54. The number of aromatic nitrogens is 2. The maximum absolute atomic E-state index is 10.7. The van der Waals surface area contributed by atoms with Crippen LogP contribution in [0.15, 0.2) is 12.4 Å². The first-order valence-electron chi connectivity index (χ1n) is 5.18. The van der Waals surface area contributed by atoms with Crippen LogP contribution in [0.25, 0.3) is 0 Å². The summed E-state index contributed by atoms with van der Waals surface area (Å²) in [5.74, 6) is -0.894. The molecular weight excluding hydrogens is 222 g/mol. The van der Waals surface area contributed by atoms with Crippen molar-refractivity contribution in [3.8, 4) is 5.88 Å². The van der Waals surface area contributed by atoms with Crippen LogP contribution >= 0.6 is 0 Å². The fraction of sp³-hybridized carbons (Fsp3) is 0.545. The number of rotatable bonds is 5. The van der Waals surface area contributed by atoms with E-state index in [1.54, 1.807) is 0 Å². The summed E-state index contributed by atoms with van der Waals surface area (Å²) in [5.41, 5.74) is -0.286. The van der Waals surface area contributed by atoms with Gasteiger partial charge in [-0.1, -0.05) is 0 Å². The van der Waals surface area contributed by atoms with E-state index < -0.39 is 5.97 Å². The van der Waals surface area contributed by atoms with E-state index in [1.165, 1.54) is 12.4 Å². The predicted molar refractivity (Wildman–Crippen MR) is 62.3 cm³/mol. The molecule has 0 radical (unpaired) electrons. The van der Waals surface area contributed by atoms with Gasteiger partial charge in [-0.2, -0.15) is 0 Å². The highest BCUT2D eigenvalue weighted by molar-refractivity contribution is 5.84. The molecule has 1 N–H and O–H groups in total. The molecule has 1 aromatic rings. The Balaban J connectivity index is 2.70. The molecule has 1 rings (SSSR count). The Kier molecular flexibility index (Phi) is 4.01. The second-order valence-corrected chi connectivity index (χ2v) is 4.54. The topological polar surface area (TPSA) is 75.5 Å². The van der Waals surface area contributed by atoms with Crippen molar-refractivity contribution in [2.45, 2.75) is 19.4 Å². The fourth-order valence-electron chi connectivity index (χ4n) is 0.900. The Morgan fingerprint density at radius 3 is 2.65 bits per heavy atom. The Bertz CT molecular complexity index is 405. The van der Waals surface area contributed by atoms with Crippen LogP contribution < -0.4 is 4.74 Å². The lowest BCUT2D eigenvalue weighted by atomic mass is 10.1. The molecule has 6 heteroatoms. The van der Waals surface area contributed by atoms with Crippen LogP contribution in [-0.2, 0) is 0 Å². The number of likely N-dealkylation sites (N-methyl/N-ethyl adjacent to an activating group) is 1. The van der Waals surface area contributed by atoms with Gasteiger partial charge < -0.3 is 14.7 Å². The number of carbonyl (C=O) groups is 1. The van der Waals surface area contributed by atoms with Gasteiger partial charge in [-0.3, -0.25) is 4.98 Å². The third kappa shape index (κ3) is 3.67. The first-order valence-corrected chi connectivity index (χ1v) is 5.18. The smallest absolute Gasteiger partial charge is 0.356 e. The molecule has 0 atom stereocenters. The second kappa shape index (κ2) is 5.09. The van der Waals surface area contributed by atoms with E-state index in [-0.39, 0.29) is 17.1 Å². The van der Waals surface area contributed by atoms with Crippen LogP contribution in [0.1, 0.15) is 24.3 Å². The lowest BCUT2D eigenvalue weighted by Crippen LogP contribution is -2.43. The summed E-state index contributed by atoms with van der Waals surface area (Å²) < 4.78 is 5.44. The summed E-state index contributed by atoms with van der Waals surface area (Å²) in [5, 5.41) is 8.76. The SMILES string of the molecule is CN(C)C(C)(C)COc1cncc(C(=O)O)n1. The summed E-state index contributed by atoms with van der Waals surface area (Å²) in [6.07, 6.45) is 2.59. The minimum atomic E-state index is -1.12. The van der Waals surface area contributed by atoms with Crippen LogP contribution in [0.2, 0.25) is 0 Å². The third-order valence-corrected chi connectivity index (χ3v) is 2.62. The van der Waals surface area contributed by atoms with Crippen molar-refractivity contribution in [2.24, 2.45) is 0 Å². The molecule has 0 aromatic carbocycles. The number of carboxylic acid groups (broad SMARTS) is 1. The lowest BCUT2D eigenvalue weighted by molar-refractivity contribution is 0.0686. The molecule has 0 amide bonds. The molecule has 0 fully saturated rings.